The van der Waals surface area contributed by atoms with Crippen LogP contribution < -0.4 is 20.7 Å². The molecule has 3 heterocycles. The number of aryl methyl sites for hydroxylation is 1. The van der Waals surface area contributed by atoms with Crippen molar-refractivity contribution < 1.29 is 18.7 Å². The molecule has 0 atom stereocenters. The van der Waals surface area contributed by atoms with Gasteiger partial charge in [-0.2, -0.15) is 0 Å². The Morgan fingerprint density at radius 2 is 1.93 bits per heavy atom. The van der Waals surface area contributed by atoms with Gasteiger partial charge in [0, 0.05) is 57.0 Å². The molecule has 0 saturated carbocycles. The molecule has 0 aliphatic rings. The van der Waals surface area contributed by atoms with Crippen molar-refractivity contribution in [3.63, 3.8) is 0 Å². The SMILES string of the molecule is COCCNCc1cnc(-c2cc3nccc(Oc4ccc(NC(=O)Nc5ccccc5C)cc4F)c3s2)n1C. The smallest absolute Gasteiger partial charge is 0.323 e. The van der Waals surface area contributed by atoms with E-state index in [4.69, 9.17) is 9.47 Å². The monoisotopic (exact) mass is 560 g/mol. The highest BCUT2D eigenvalue weighted by atomic mass is 32.1. The van der Waals surface area contributed by atoms with Crippen LogP contribution in [0.2, 0.25) is 0 Å². The summed E-state index contributed by atoms with van der Waals surface area (Å²) in [6.45, 7) is 3.95. The second-order valence-corrected chi connectivity index (χ2v) is 10.1. The number of fused-ring (bicyclic) bond motifs is 1. The van der Waals surface area contributed by atoms with Gasteiger partial charge in [0.1, 0.15) is 11.6 Å². The van der Waals surface area contributed by atoms with E-state index in [0.717, 1.165) is 38.7 Å². The molecular weight excluding hydrogens is 531 g/mol. The molecular formula is C29H29FN6O3S. The number of benzene rings is 2. The molecule has 0 radical (unpaired) electrons. The molecule has 5 aromatic rings. The first-order chi connectivity index (χ1) is 19.4. The number of aromatic nitrogens is 3. The molecule has 3 N–H and O–H groups in total. The number of imidazole rings is 1. The van der Waals surface area contributed by atoms with Crippen molar-refractivity contribution in [1.82, 2.24) is 19.9 Å². The number of carbonyl (C=O) groups excluding carboxylic acids is 1. The van der Waals surface area contributed by atoms with Gasteiger partial charge in [-0.1, -0.05) is 18.2 Å². The summed E-state index contributed by atoms with van der Waals surface area (Å²) >= 11 is 1.48. The molecule has 3 aromatic heterocycles. The van der Waals surface area contributed by atoms with Gasteiger partial charge in [0.15, 0.2) is 11.6 Å². The molecule has 0 bridgehead atoms. The summed E-state index contributed by atoms with van der Waals surface area (Å²) in [6, 6.07) is 14.9. The lowest BCUT2D eigenvalue weighted by Crippen LogP contribution is -2.20. The molecule has 11 heteroatoms. The fraction of sp³-hybridized carbons (Fsp3) is 0.207. The van der Waals surface area contributed by atoms with Gasteiger partial charge >= 0.3 is 6.03 Å². The number of amides is 2. The third-order valence-corrected chi connectivity index (χ3v) is 7.41. The molecule has 5 rings (SSSR count). The Morgan fingerprint density at radius 1 is 1.07 bits per heavy atom. The summed E-state index contributed by atoms with van der Waals surface area (Å²) in [5, 5.41) is 8.74. The topological polar surface area (TPSA) is 102 Å². The number of ether oxygens (including phenoxy) is 2. The van der Waals surface area contributed by atoms with Crippen LogP contribution in [-0.4, -0.2) is 40.8 Å². The molecule has 206 valence electrons. The second-order valence-electron chi connectivity index (χ2n) is 9.08. The number of halogens is 1. The zero-order chi connectivity index (χ0) is 28.1. The number of methoxy groups -OCH3 is 1. The van der Waals surface area contributed by atoms with Crippen LogP contribution in [0.4, 0.5) is 20.6 Å². The van der Waals surface area contributed by atoms with E-state index in [1.54, 1.807) is 31.5 Å². The number of rotatable bonds is 10. The third-order valence-electron chi connectivity index (χ3n) is 6.27. The number of nitrogens with zero attached hydrogens (tertiary/aromatic N) is 3. The minimum Gasteiger partial charge on any atom is -0.453 e. The van der Waals surface area contributed by atoms with E-state index in [-0.39, 0.29) is 5.75 Å². The van der Waals surface area contributed by atoms with Gasteiger partial charge in [-0.15, -0.1) is 11.3 Å². The number of urea groups is 1. The highest BCUT2D eigenvalue weighted by Crippen LogP contribution is 2.39. The van der Waals surface area contributed by atoms with E-state index >= 15 is 4.39 Å². The second kappa shape index (κ2) is 12.2. The van der Waals surface area contributed by atoms with Gasteiger partial charge in [0.2, 0.25) is 0 Å². The fourth-order valence-electron chi connectivity index (χ4n) is 4.11. The van der Waals surface area contributed by atoms with E-state index in [9.17, 15) is 4.79 Å². The quantitative estimate of drug-likeness (QED) is 0.173. The van der Waals surface area contributed by atoms with Crippen molar-refractivity contribution in [2.45, 2.75) is 13.5 Å². The molecule has 2 amide bonds. The first kappa shape index (κ1) is 27.3. The number of thiophene rings is 1. The molecule has 0 spiro atoms. The van der Waals surface area contributed by atoms with Gasteiger partial charge < -0.3 is 30.0 Å². The number of carbonyl (C=O) groups is 1. The van der Waals surface area contributed by atoms with E-state index < -0.39 is 11.8 Å². The Labute approximate surface area is 235 Å². The lowest BCUT2D eigenvalue weighted by Gasteiger charge is -2.11. The lowest BCUT2D eigenvalue weighted by atomic mass is 10.2. The molecule has 0 aliphatic heterocycles. The van der Waals surface area contributed by atoms with E-state index in [1.165, 1.54) is 23.5 Å². The predicted molar refractivity (Wildman–Crippen MR) is 156 cm³/mol. The zero-order valence-electron chi connectivity index (χ0n) is 22.3. The van der Waals surface area contributed by atoms with Gasteiger partial charge in [-0.05, 0) is 36.8 Å². The van der Waals surface area contributed by atoms with Crippen LogP contribution in [0.25, 0.3) is 20.9 Å². The van der Waals surface area contributed by atoms with E-state index in [1.807, 2.05) is 49.0 Å². The summed E-state index contributed by atoms with van der Waals surface area (Å²) in [5.74, 6) is 0.718. The van der Waals surface area contributed by atoms with Crippen LogP contribution in [-0.2, 0) is 18.3 Å². The van der Waals surface area contributed by atoms with Crippen molar-refractivity contribution in [3.05, 3.63) is 84.1 Å². The third kappa shape index (κ3) is 6.12. The molecule has 0 aliphatic carbocycles. The molecule has 0 unspecified atom stereocenters. The Kier molecular flexibility index (Phi) is 8.34. The summed E-state index contributed by atoms with van der Waals surface area (Å²) in [4.78, 5) is 22.4. The lowest BCUT2D eigenvalue weighted by molar-refractivity contribution is 0.199. The maximum Gasteiger partial charge on any atom is 0.323 e. The summed E-state index contributed by atoms with van der Waals surface area (Å²) in [7, 11) is 3.64. The summed E-state index contributed by atoms with van der Waals surface area (Å²) in [6.07, 6.45) is 3.47. The van der Waals surface area contributed by atoms with Crippen LogP contribution in [0.1, 0.15) is 11.3 Å². The average molecular weight is 561 g/mol. The Balaban J connectivity index is 1.30. The highest BCUT2D eigenvalue weighted by Gasteiger charge is 2.17. The van der Waals surface area contributed by atoms with Crippen LogP contribution in [0, 0.1) is 12.7 Å². The van der Waals surface area contributed by atoms with Crippen molar-refractivity contribution >= 4 is 39.0 Å². The first-order valence-corrected chi connectivity index (χ1v) is 13.4. The molecule has 9 nitrogen and oxygen atoms in total. The largest absolute Gasteiger partial charge is 0.453 e. The molecule has 2 aromatic carbocycles. The van der Waals surface area contributed by atoms with Gasteiger partial charge in [0.05, 0.1) is 33.6 Å². The summed E-state index contributed by atoms with van der Waals surface area (Å²) in [5.41, 5.74) is 3.67. The first-order valence-electron chi connectivity index (χ1n) is 12.6. The normalized spacial score (nSPS) is 11.1. The highest BCUT2D eigenvalue weighted by molar-refractivity contribution is 7.22. The number of anilines is 2. The van der Waals surface area contributed by atoms with Crippen molar-refractivity contribution in [2.75, 3.05) is 30.9 Å². The Hall–Kier alpha value is -4.32. The minimum atomic E-state index is -0.606. The van der Waals surface area contributed by atoms with E-state index in [2.05, 4.69) is 25.9 Å². The van der Waals surface area contributed by atoms with Crippen molar-refractivity contribution in [3.8, 4) is 22.2 Å². The Morgan fingerprint density at radius 3 is 2.73 bits per heavy atom. The maximum absolute atomic E-state index is 15.0. The fourth-order valence-corrected chi connectivity index (χ4v) is 5.21. The van der Waals surface area contributed by atoms with Gasteiger partial charge in [-0.3, -0.25) is 4.98 Å². The van der Waals surface area contributed by atoms with Crippen LogP contribution in [0.3, 0.4) is 0 Å². The average Bonchev–Trinajstić information content (AvgIpc) is 3.53. The molecule has 0 saturated heterocycles. The zero-order valence-corrected chi connectivity index (χ0v) is 23.1. The minimum absolute atomic E-state index is 0.0359. The maximum atomic E-state index is 15.0. The number of para-hydroxylation sites is 1. The standard InChI is InChI=1S/C29H29FN6O3S/c1-18-6-4-5-7-22(18)35-29(37)34-19-8-9-24(21(30)14-19)39-25-10-11-32-23-15-26(40-27(23)25)28-33-17-20(36(28)2)16-31-12-13-38-3/h4-11,14-15,17,31H,12-13,16H2,1-3H3,(H2,34,35,37). The van der Waals surface area contributed by atoms with Crippen molar-refractivity contribution in [2.24, 2.45) is 7.05 Å². The van der Waals surface area contributed by atoms with Gasteiger partial charge in [0.25, 0.3) is 0 Å². The van der Waals surface area contributed by atoms with Crippen LogP contribution in [0.5, 0.6) is 11.5 Å². The van der Waals surface area contributed by atoms with E-state index in [0.29, 0.717) is 30.3 Å². The van der Waals surface area contributed by atoms with Gasteiger partial charge in [-0.25, -0.2) is 14.2 Å². The number of hydrogen-bond donors (Lipinski definition) is 3. The van der Waals surface area contributed by atoms with Crippen LogP contribution in [0.15, 0.2) is 67.0 Å². The number of hydrogen-bond acceptors (Lipinski definition) is 7. The number of pyridine rings is 1. The summed E-state index contributed by atoms with van der Waals surface area (Å²) < 4.78 is 28.9. The molecule has 40 heavy (non-hydrogen) atoms. The predicted octanol–water partition coefficient (Wildman–Crippen LogP) is 6.32. The van der Waals surface area contributed by atoms with Crippen LogP contribution >= 0.6 is 11.3 Å². The molecule has 0 fully saturated rings. The Bertz CT molecular complexity index is 1650. The van der Waals surface area contributed by atoms with Crippen molar-refractivity contribution in [1.29, 1.82) is 0 Å². The number of nitrogens with one attached hydrogen (secondary N) is 3.